The summed E-state index contributed by atoms with van der Waals surface area (Å²) >= 11 is 1.21. The SMILES string of the molecule is COc1ccc(C(=O)N2CCN(C(=O)c3ccc(NC(=O)c4ccco4)s3)CC2)cc1. The van der Waals surface area contributed by atoms with Crippen molar-refractivity contribution in [3.8, 4) is 5.75 Å². The van der Waals surface area contributed by atoms with Crippen LogP contribution < -0.4 is 10.1 Å². The minimum Gasteiger partial charge on any atom is -0.497 e. The van der Waals surface area contributed by atoms with Gasteiger partial charge in [-0.3, -0.25) is 14.4 Å². The number of ether oxygens (including phenoxy) is 1. The molecule has 2 aromatic heterocycles. The molecule has 0 radical (unpaired) electrons. The number of methoxy groups -OCH3 is 1. The lowest BCUT2D eigenvalue weighted by Crippen LogP contribution is -2.50. The van der Waals surface area contributed by atoms with Crippen LogP contribution in [0.5, 0.6) is 5.75 Å². The number of hydrogen-bond donors (Lipinski definition) is 1. The number of nitrogens with one attached hydrogen (secondary N) is 1. The van der Waals surface area contributed by atoms with E-state index in [1.807, 2.05) is 0 Å². The molecule has 1 N–H and O–H groups in total. The molecule has 1 saturated heterocycles. The third kappa shape index (κ3) is 4.61. The molecule has 31 heavy (non-hydrogen) atoms. The standard InChI is InChI=1S/C22H21N3O5S/c1-29-16-6-4-15(5-7-16)21(27)24-10-12-25(13-11-24)22(28)18-8-9-19(31-18)23-20(26)17-3-2-14-30-17/h2-9,14H,10-13H2,1H3,(H,23,26). The second kappa shape index (κ2) is 9.05. The topological polar surface area (TPSA) is 92.1 Å². The number of amides is 3. The number of benzene rings is 1. The molecule has 0 atom stereocenters. The number of thiophene rings is 1. The highest BCUT2D eigenvalue weighted by molar-refractivity contribution is 7.18. The molecule has 160 valence electrons. The van der Waals surface area contributed by atoms with E-state index in [0.29, 0.717) is 47.4 Å². The zero-order valence-corrected chi connectivity index (χ0v) is 17.7. The molecule has 1 aliphatic rings. The van der Waals surface area contributed by atoms with E-state index in [1.54, 1.807) is 65.4 Å². The molecule has 0 bridgehead atoms. The van der Waals surface area contributed by atoms with Gasteiger partial charge in [0.25, 0.3) is 17.7 Å². The van der Waals surface area contributed by atoms with Crippen LogP contribution in [-0.4, -0.2) is 60.8 Å². The summed E-state index contributed by atoms with van der Waals surface area (Å²) in [5.74, 6) is 0.368. The lowest BCUT2D eigenvalue weighted by atomic mass is 10.1. The van der Waals surface area contributed by atoms with Crippen molar-refractivity contribution in [3.63, 3.8) is 0 Å². The Balaban J connectivity index is 1.32. The molecule has 0 unspecified atom stereocenters. The average molecular weight is 439 g/mol. The number of carbonyl (C=O) groups excluding carboxylic acids is 3. The molecule has 4 rings (SSSR count). The predicted octanol–water partition coefficient (Wildman–Crippen LogP) is 3.20. The predicted molar refractivity (Wildman–Crippen MR) is 116 cm³/mol. The highest BCUT2D eigenvalue weighted by Crippen LogP contribution is 2.24. The van der Waals surface area contributed by atoms with E-state index in [0.717, 1.165) is 0 Å². The summed E-state index contributed by atoms with van der Waals surface area (Å²) in [5, 5.41) is 3.29. The Morgan fingerprint density at radius 2 is 1.61 bits per heavy atom. The maximum absolute atomic E-state index is 12.8. The minimum atomic E-state index is -0.364. The molecule has 9 heteroatoms. The lowest BCUT2D eigenvalue weighted by Gasteiger charge is -2.34. The Morgan fingerprint density at radius 3 is 2.23 bits per heavy atom. The van der Waals surface area contributed by atoms with Crippen LogP contribution in [-0.2, 0) is 0 Å². The van der Waals surface area contributed by atoms with Gasteiger partial charge in [0.05, 0.1) is 23.3 Å². The molecule has 0 saturated carbocycles. The van der Waals surface area contributed by atoms with Gasteiger partial charge in [0, 0.05) is 31.7 Å². The molecule has 8 nitrogen and oxygen atoms in total. The van der Waals surface area contributed by atoms with Crippen molar-refractivity contribution in [2.75, 3.05) is 38.6 Å². The largest absolute Gasteiger partial charge is 0.497 e. The number of rotatable bonds is 5. The van der Waals surface area contributed by atoms with E-state index in [2.05, 4.69) is 5.32 Å². The maximum atomic E-state index is 12.8. The van der Waals surface area contributed by atoms with Gasteiger partial charge < -0.3 is 24.3 Å². The van der Waals surface area contributed by atoms with Gasteiger partial charge in [-0.2, -0.15) is 0 Å². The maximum Gasteiger partial charge on any atom is 0.291 e. The van der Waals surface area contributed by atoms with Gasteiger partial charge in [0.2, 0.25) is 0 Å². The number of hydrogen-bond acceptors (Lipinski definition) is 6. The highest BCUT2D eigenvalue weighted by Gasteiger charge is 2.26. The fraction of sp³-hybridized carbons (Fsp3) is 0.227. The van der Waals surface area contributed by atoms with Crippen molar-refractivity contribution in [3.05, 3.63) is 71.0 Å². The number of anilines is 1. The first-order valence-electron chi connectivity index (χ1n) is 9.72. The third-order valence-corrected chi connectivity index (χ3v) is 5.98. The second-order valence-electron chi connectivity index (χ2n) is 6.91. The van der Waals surface area contributed by atoms with Gasteiger partial charge in [-0.05, 0) is 48.5 Å². The molecule has 0 spiro atoms. The Kier molecular flexibility index (Phi) is 6.03. The van der Waals surface area contributed by atoms with Crippen molar-refractivity contribution in [2.45, 2.75) is 0 Å². The van der Waals surface area contributed by atoms with Crippen LogP contribution in [0.2, 0.25) is 0 Å². The second-order valence-corrected chi connectivity index (χ2v) is 7.99. The molecular formula is C22H21N3O5S. The number of piperazine rings is 1. The first-order chi connectivity index (χ1) is 15.0. The average Bonchev–Trinajstić information content (AvgIpc) is 3.51. The minimum absolute atomic E-state index is 0.0613. The van der Waals surface area contributed by atoms with Gasteiger partial charge >= 0.3 is 0 Å². The molecule has 1 aliphatic heterocycles. The van der Waals surface area contributed by atoms with Crippen molar-refractivity contribution >= 4 is 34.1 Å². The summed E-state index contributed by atoms with van der Waals surface area (Å²) < 4.78 is 10.2. The fourth-order valence-electron chi connectivity index (χ4n) is 3.29. The van der Waals surface area contributed by atoms with Crippen molar-refractivity contribution in [2.24, 2.45) is 0 Å². The number of nitrogens with zero attached hydrogens (tertiary/aromatic N) is 2. The van der Waals surface area contributed by atoms with Gasteiger partial charge in [-0.25, -0.2) is 0 Å². The zero-order valence-electron chi connectivity index (χ0n) is 16.9. The highest BCUT2D eigenvalue weighted by atomic mass is 32.1. The van der Waals surface area contributed by atoms with E-state index in [1.165, 1.54) is 17.6 Å². The summed E-state index contributed by atoms with van der Waals surface area (Å²) in [5.41, 5.74) is 0.593. The first-order valence-corrected chi connectivity index (χ1v) is 10.5. The van der Waals surface area contributed by atoms with Crippen LogP contribution in [0.15, 0.2) is 59.2 Å². The molecule has 1 aromatic carbocycles. The fourth-order valence-corrected chi connectivity index (χ4v) is 4.16. The van der Waals surface area contributed by atoms with Crippen LogP contribution >= 0.6 is 11.3 Å². The van der Waals surface area contributed by atoms with Crippen LogP contribution in [0.4, 0.5) is 5.00 Å². The molecular weight excluding hydrogens is 418 g/mol. The van der Waals surface area contributed by atoms with Crippen LogP contribution in [0.1, 0.15) is 30.6 Å². The zero-order chi connectivity index (χ0) is 21.8. The number of furan rings is 1. The molecule has 3 aromatic rings. The van der Waals surface area contributed by atoms with Crippen molar-refractivity contribution < 1.29 is 23.5 Å². The van der Waals surface area contributed by atoms with Gasteiger partial charge in [0.1, 0.15) is 5.75 Å². The van der Waals surface area contributed by atoms with E-state index in [-0.39, 0.29) is 23.5 Å². The summed E-state index contributed by atoms with van der Waals surface area (Å²) in [6, 6.07) is 13.6. The van der Waals surface area contributed by atoms with Crippen LogP contribution in [0.3, 0.4) is 0 Å². The third-order valence-electron chi connectivity index (χ3n) is 4.99. The summed E-state index contributed by atoms with van der Waals surface area (Å²) in [6.07, 6.45) is 1.43. The van der Waals surface area contributed by atoms with Crippen LogP contribution in [0, 0.1) is 0 Å². The van der Waals surface area contributed by atoms with Crippen LogP contribution in [0.25, 0.3) is 0 Å². The van der Waals surface area contributed by atoms with Crippen molar-refractivity contribution in [1.29, 1.82) is 0 Å². The van der Waals surface area contributed by atoms with Crippen molar-refractivity contribution in [1.82, 2.24) is 9.80 Å². The van der Waals surface area contributed by atoms with E-state index in [4.69, 9.17) is 9.15 Å². The van der Waals surface area contributed by atoms with E-state index >= 15 is 0 Å². The summed E-state index contributed by atoms with van der Waals surface area (Å²) in [4.78, 5) is 41.6. The summed E-state index contributed by atoms with van der Waals surface area (Å²) in [7, 11) is 1.58. The Morgan fingerprint density at radius 1 is 0.935 bits per heavy atom. The van der Waals surface area contributed by atoms with Gasteiger partial charge in [-0.15, -0.1) is 11.3 Å². The number of carbonyl (C=O) groups is 3. The Hall–Kier alpha value is -3.59. The monoisotopic (exact) mass is 439 g/mol. The van der Waals surface area contributed by atoms with Gasteiger partial charge in [0.15, 0.2) is 5.76 Å². The Labute approximate surface area is 183 Å². The lowest BCUT2D eigenvalue weighted by molar-refractivity contribution is 0.0538. The molecule has 3 heterocycles. The first kappa shape index (κ1) is 20.7. The Bertz CT molecular complexity index is 1070. The van der Waals surface area contributed by atoms with Gasteiger partial charge in [-0.1, -0.05) is 0 Å². The summed E-state index contributed by atoms with van der Waals surface area (Å²) in [6.45, 7) is 1.83. The molecule has 3 amide bonds. The van der Waals surface area contributed by atoms with E-state index < -0.39 is 0 Å². The quantitative estimate of drug-likeness (QED) is 0.659. The normalized spacial score (nSPS) is 13.7. The molecule has 1 fully saturated rings. The smallest absolute Gasteiger partial charge is 0.291 e. The van der Waals surface area contributed by atoms with E-state index in [9.17, 15) is 14.4 Å². The molecule has 0 aliphatic carbocycles.